The van der Waals surface area contributed by atoms with Crippen molar-refractivity contribution >= 4 is 21.8 Å². The van der Waals surface area contributed by atoms with E-state index in [1.165, 1.54) is 6.07 Å². The van der Waals surface area contributed by atoms with Gasteiger partial charge in [-0.15, -0.1) is 4.40 Å². The number of amidine groups is 1. The van der Waals surface area contributed by atoms with Crippen LogP contribution in [0, 0.1) is 16.7 Å². The fourth-order valence-electron chi connectivity index (χ4n) is 2.45. The van der Waals surface area contributed by atoms with Gasteiger partial charge in [0.1, 0.15) is 23.3 Å². The summed E-state index contributed by atoms with van der Waals surface area (Å²) >= 11 is 0. The maximum atomic E-state index is 12.3. The standard InChI is InChI=1S/C16H20N4O3S/c1-16(2,3)10-12(15(21)18-9-8-17)19-14-11-6-4-5-7-13(11)24(22,23)20-14/h4-7,12H,9-10H2,1-3H3,(H,18,21)(H,19,20). The van der Waals surface area contributed by atoms with Crippen LogP contribution < -0.4 is 10.6 Å². The third kappa shape index (κ3) is 4.11. The largest absolute Gasteiger partial charge is 0.357 e. The van der Waals surface area contributed by atoms with Crippen LogP contribution in [0.2, 0.25) is 0 Å². The minimum atomic E-state index is -3.75. The van der Waals surface area contributed by atoms with E-state index in [1.54, 1.807) is 18.2 Å². The van der Waals surface area contributed by atoms with Gasteiger partial charge < -0.3 is 10.6 Å². The molecule has 0 fully saturated rings. The second-order valence-electron chi connectivity index (χ2n) is 6.75. The molecule has 1 amide bonds. The molecule has 1 aromatic carbocycles. The number of hydrogen-bond donors (Lipinski definition) is 2. The van der Waals surface area contributed by atoms with E-state index in [0.29, 0.717) is 12.0 Å². The summed E-state index contributed by atoms with van der Waals surface area (Å²) in [4.78, 5) is 12.4. The van der Waals surface area contributed by atoms with Gasteiger partial charge in [-0.25, -0.2) is 0 Å². The highest BCUT2D eigenvalue weighted by atomic mass is 32.2. The van der Waals surface area contributed by atoms with Crippen LogP contribution in [-0.4, -0.2) is 32.7 Å². The van der Waals surface area contributed by atoms with Crippen LogP contribution in [0.25, 0.3) is 0 Å². The van der Waals surface area contributed by atoms with Gasteiger partial charge in [-0.2, -0.15) is 13.7 Å². The van der Waals surface area contributed by atoms with Crippen molar-refractivity contribution in [2.45, 2.75) is 38.1 Å². The van der Waals surface area contributed by atoms with Crippen LogP contribution >= 0.6 is 0 Å². The highest BCUT2D eigenvalue weighted by molar-refractivity contribution is 7.90. The Balaban J connectivity index is 2.30. The van der Waals surface area contributed by atoms with Crippen molar-refractivity contribution in [2.75, 3.05) is 6.54 Å². The van der Waals surface area contributed by atoms with Gasteiger partial charge >= 0.3 is 0 Å². The third-order valence-corrected chi connectivity index (χ3v) is 4.75. The Morgan fingerprint density at radius 1 is 1.33 bits per heavy atom. The van der Waals surface area contributed by atoms with Gasteiger partial charge in [0.05, 0.1) is 6.07 Å². The van der Waals surface area contributed by atoms with Crippen LogP contribution in [0.15, 0.2) is 33.6 Å². The van der Waals surface area contributed by atoms with Crippen LogP contribution in [0.3, 0.4) is 0 Å². The molecule has 0 aliphatic carbocycles. The molecule has 0 bridgehead atoms. The van der Waals surface area contributed by atoms with Crippen LogP contribution in [0.4, 0.5) is 0 Å². The zero-order chi connectivity index (χ0) is 18.0. The van der Waals surface area contributed by atoms with Gasteiger partial charge in [0, 0.05) is 5.56 Å². The van der Waals surface area contributed by atoms with Crippen LogP contribution in [0.5, 0.6) is 0 Å². The fourth-order valence-corrected chi connectivity index (χ4v) is 3.63. The van der Waals surface area contributed by atoms with E-state index < -0.39 is 16.1 Å². The molecule has 0 radical (unpaired) electrons. The summed E-state index contributed by atoms with van der Waals surface area (Å²) in [6.45, 7) is 5.81. The minimum Gasteiger partial charge on any atom is -0.357 e. The maximum absolute atomic E-state index is 12.3. The highest BCUT2D eigenvalue weighted by Gasteiger charge is 2.32. The molecule has 1 unspecified atom stereocenters. The number of benzene rings is 1. The van der Waals surface area contributed by atoms with E-state index in [1.807, 2.05) is 26.8 Å². The summed E-state index contributed by atoms with van der Waals surface area (Å²) in [5, 5.41) is 14.1. The van der Waals surface area contributed by atoms with Crippen molar-refractivity contribution in [3.05, 3.63) is 29.8 Å². The van der Waals surface area contributed by atoms with Gasteiger partial charge in [-0.05, 0) is 24.0 Å². The summed E-state index contributed by atoms with van der Waals surface area (Å²) in [7, 11) is -3.75. The van der Waals surface area contributed by atoms with Crippen molar-refractivity contribution in [1.29, 1.82) is 5.26 Å². The number of sulfonamides is 1. The lowest BCUT2D eigenvalue weighted by atomic mass is 9.87. The number of rotatable bonds is 4. The van der Waals surface area contributed by atoms with Crippen molar-refractivity contribution in [3.8, 4) is 6.07 Å². The number of fused-ring (bicyclic) bond motifs is 1. The first-order valence-corrected chi connectivity index (χ1v) is 8.94. The molecule has 1 aliphatic rings. The van der Waals surface area contributed by atoms with E-state index in [9.17, 15) is 13.2 Å². The van der Waals surface area contributed by atoms with E-state index in [-0.39, 0.29) is 28.6 Å². The van der Waals surface area contributed by atoms with E-state index in [4.69, 9.17) is 5.26 Å². The van der Waals surface area contributed by atoms with Crippen molar-refractivity contribution in [1.82, 2.24) is 10.6 Å². The molecule has 1 heterocycles. The Labute approximate surface area is 141 Å². The molecule has 0 aromatic heterocycles. The SMILES string of the molecule is CC(C)(C)CC(NC1=NS(=O)(=O)c2ccccc21)C(=O)NCC#N. The first kappa shape index (κ1) is 17.9. The monoisotopic (exact) mass is 348 g/mol. The first-order valence-electron chi connectivity index (χ1n) is 7.49. The van der Waals surface area contributed by atoms with Crippen molar-refractivity contribution in [2.24, 2.45) is 9.81 Å². The molecular weight excluding hydrogens is 328 g/mol. The predicted octanol–water partition coefficient (Wildman–Crippen LogP) is 1.17. The molecule has 24 heavy (non-hydrogen) atoms. The predicted molar refractivity (Wildman–Crippen MR) is 89.8 cm³/mol. The van der Waals surface area contributed by atoms with E-state index in [2.05, 4.69) is 15.0 Å². The number of amides is 1. The highest BCUT2D eigenvalue weighted by Crippen LogP contribution is 2.26. The first-order chi connectivity index (χ1) is 11.1. The van der Waals surface area contributed by atoms with Crippen molar-refractivity contribution in [3.63, 3.8) is 0 Å². The maximum Gasteiger partial charge on any atom is 0.285 e. The lowest BCUT2D eigenvalue weighted by Crippen LogP contribution is -2.48. The van der Waals surface area contributed by atoms with E-state index in [0.717, 1.165) is 0 Å². The van der Waals surface area contributed by atoms with Crippen LogP contribution in [-0.2, 0) is 14.8 Å². The Kier molecular flexibility index (Phi) is 4.94. The molecule has 7 nitrogen and oxygen atoms in total. The lowest BCUT2D eigenvalue weighted by Gasteiger charge is -2.26. The second kappa shape index (κ2) is 6.61. The number of nitriles is 1. The summed E-state index contributed by atoms with van der Waals surface area (Å²) in [5.41, 5.74) is 0.267. The summed E-state index contributed by atoms with van der Waals surface area (Å²) in [6, 6.07) is 7.63. The molecule has 2 N–H and O–H groups in total. The average Bonchev–Trinajstić information content (AvgIpc) is 2.74. The van der Waals surface area contributed by atoms with Gasteiger partial charge in [-0.3, -0.25) is 4.79 Å². The second-order valence-corrected chi connectivity index (χ2v) is 8.32. The molecule has 0 spiro atoms. The minimum absolute atomic E-state index is 0.109. The molecule has 1 atom stereocenters. The molecule has 0 saturated heterocycles. The molecule has 1 aliphatic heterocycles. The van der Waals surface area contributed by atoms with Gasteiger partial charge in [-0.1, -0.05) is 32.9 Å². The van der Waals surface area contributed by atoms with Gasteiger partial charge in [0.25, 0.3) is 10.0 Å². The number of carbonyl (C=O) groups is 1. The summed E-state index contributed by atoms with van der Waals surface area (Å²) < 4.78 is 28.0. The molecule has 128 valence electrons. The number of carbonyl (C=O) groups excluding carboxylic acids is 1. The van der Waals surface area contributed by atoms with E-state index >= 15 is 0 Å². The molecule has 2 rings (SSSR count). The normalized spacial score (nSPS) is 16.5. The Bertz CT molecular complexity index is 816. The molecule has 8 heteroatoms. The van der Waals surface area contributed by atoms with Crippen molar-refractivity contribution < 1.29 is 13.2 Å². The quantitative estimate of drug-likeness (QED) is 0.793. The topological polar surface area (TPSA) is 111 Å². The fraction of sp³-hybridized carbons (Fsp3) is 0.438. The Morgan fingerprint density at radius 2 is 2.00 bits per heavy atom. The third-order valence-electron chi connectivity index (χ3n) is 3.42. The summed E-state index contributed by atoms with van der Waals surface area (Å²) in [5.74, 6) is -0.206. The number of nitrogens with one attached hydrogen (secondary N) is 2. The zero-order valence-corrected chi connectivity index (χ0v) is 14.6. The molecule has 0 saturated carbocycles. The zero-order valence-electron chi connectivity index (χ0n) is 13.8. The van der Waals surface area contributed by atoms with Gasteiger partial charge in [0.2, 0.25) is 5.91 Å². The summed E-state index contributed by atoms with van der Waals surface area (Å²) in [6.07, 6.45) is 0.450. The Morgan fingerprint density at radius 3 is 2.62 bits per heavy atom. The average molecular weight is 348 g/mol. The van der Waals surface area contributed by atoms with Gasteiger partial charge in [0.15, 0.2) is 0 Å². The molecular formula is C16H20N4O3S. The smallest absolute Gasteiger partial charge is 0.285 e. The lowest BCUT2D eigenvalue weighted by molar-refractivity contribution is -0.123. The van der Waals surface area contributed by atoms with Crippen LogP contribution in [0.1, 0.15) is 32.8 Å². The number of hydrogen-bond acceptors (Lipinski definition) is 5. The molecule has 1 aromatic rings. The Hall–Kier alpha value is -2.40. The number of nitrogens with zero attached hydrogens (tertiary/aromatic N) is 2.